The smallest absolute Gasteiger partial charge is 0.251 e. The molecule has 0 bridgehead atoms. The van der Waals surface area contributed by atoms with Crippen molar-refractivity contribution in [1.29, 1.82) is 5.26 Å². The second-order valence-corrected chi connectivity index (χ2v) is 6.63. The minimum absolute atomic E-state index is 0.148. The van der Waals surface area contributed by atoms with Crippen LogP contribution in [0.25, 0.3) is 5.69 Å². The lowest BCUT2D eigenvalue weighted by atomic mass is 10.1. The molecule has 0 aliphatic carbocycles. The van der Waals surface area contributed by atoms with Gasteiger partial charge in [0.15, 0.2) is 11.5 Å². The average molecular weight is 407 g/mol. The minimum Gasteiger partial charge on any atom is -0.454 e. The fourth-order valence-electron chi connectivity index (χ4n) is 3.15. The van der Waals surface area contributed by atoms with Gasteiger partial charge in [0.05, 0.1) is 11.4 Å². The zero-order valence-corrected chi connectivity index (χ0v) is 15.9. The lowest BCUT2D eigenvalue weighted by Gasteiger charge is -2.05. The van der Waals surface area contributed by atoms with Gasteiger partial charge in [0.25, 0.3) is 5.91 Å². The number of aromatic nitrogens is 2. The number of hydrogen-bond donors (Lipinski definition) is 2. The van der Waals surface area contributed by atoms with E-state index in [-0.39, 0.29) is 29.9 Å². The molecule has 1 aliphatic heterocycles. The topological polar surface area (TPSA) is 115 Å². The van der Waals surface area contributed by atoms with E-state index in [2.05, 4.69) is 16.5 Å². The number of fused-ring (bicyclic) bond motifs is 1. The van der Waals surface area contributed by atoms with Crippen molar-refractivity contribution in [2.24, 2.45) is 0 Å². The van der Waals surface area contributed by atoms with Gasteiger partial charge in [-0.3, -0.25) is 4.79 Å². The zero-order valence-electron chi connectivity index (χ0n) is 15.9. The van der Waals surface area contributed by atoms with Crippen LogP contribution in [0.2, 0.25) is 0 Å². The summed E-state index contributed by atoms with van der Waals surface area (Å²) in [6.45, 7) is 0.538. The van der Waals surface area contributed by atoms with Crippen LogP contribution in [0.5, 0.6) is 11.5 Å². The van der Waals surface area contributed by atoms with Crippen LogP contribution in [0, 0.1) is 17.1 Å². The molecule has 30 heavy (non-hydrogen) atoms. The molecule has 2 aromatic carbocycles. The molecule has 1 aromatic heterocycles. The third kappa shape index (κ3) is 3.75. The Morgan fingerprint density at radius 2 is 2.00 bits per heavy atom. The van der Waals surface area contributed by atoms with Crippen molar-refractivity contribution in [3.05, 3.63) is 65.1 Å². The molecule has 152 valence electrons. The third-order valence-corrected chi connectivity index (χ3v) is 4.69. The molecule has 1 aliphatic rings. The van der Waals surface area contributed by atoms with E-state index >= 15 is 0 Å². The number of hydrogen-bond acceptors (Lipinski definition) is 6. The summed E-state index contributed by atoms with van der Waals surface area (Å²) in [5.74, 6) is 0.755. The second kappa shape index (κ2) is 8.13. The monoisotopic (exact) mass is 407 g/mol. The van der Waals surface area contributed by atoms with E-state index in [9.17, 15) is 14.4 Å². The van der Waals surface area contributed by atoms with Gasteiger partial charge in [-0.2, -0.15) is 10.4 Å². The maximum atomic E-state index is 13.2. The second-order valence-electron chi connectivity index (χ2n) is 6.63. The summed E-state index contributed by atoms with van der Waals surface area (Å²) in [4.78, 5) is 12.3. The Balaban J connectivity index is 1.38. The van der Waals surface area contributed by atoms with Crippen LogP contribution in [0.15, 0.2) is 42.5 Å². The molecule has 0 radical (unpaired) electrons. The quantitative estimate of drug-likeness (QED) is 0.607. The number of halogens is 1. The zero-order chi connectivity index (χ0) is 21.1. The molecule has 8 nitrogen and oxygen atoms in total. The number of amides is 1. The van der Waals surface area contributed by atoms with Crippen LogP contribution in [0.4, 0.5) is 10.2 Å². The largest absolute Gasteiger partial charge is 0.454 e. The van der Waals surface area contributed by atoms with Crippen molar-refractivity contribution in [2.75, 3.05) is 19.1 Å². The van der Waals surface area contributed by atoms with Gasteiger partial charge < -0.3 is 20.5 Å². The van der Waals surface area contributed by atoms with Crippen molar-refractivity contribution in [3.63, 3.8) is 0 Å². The van der Waals surface area contributed by atoms with E-state index in [1.807, 2.05) is 0 Å². The van der Waals surface area contributed by atoms with Gasteiger partial charge in [0.2, 0.25) is 6.79 Å². The van der Waals surface area contributed by atoms with Gasteiger partial charge in [-0.15, -0.1) is 0 Å². The highest BCUT2D eigenvalue weighted by molar-refractivity contribution is 5.94. The molecule has 4 rings (SSSR count). The normalized spacial score (nSPS) is 11.9. The highest BCUT2D eigenvalue weighted by Gasteiger charge is 2.18. The fraction of sp³-hybridized carbons (Fsp3) is 0.190. The first-order chi connectivity index (χ1) is 14.6. The molecule has 3 N–H and O–H groups in total. The molecule has 2 heterocycles. The van der Waals surface area contributed by atoms with E-state index < -0.39 is 0 Å². The van der Waals surface area contributed by atoms with Gasteiger partial charge in [-0.1, -0.05) is 0 Å². The van der Waals surface area contributed by atoms with Gasteiger partial charge in [0.1, 0.15) is 23.3 Å². The van der Waals surface area contributed by atoms with Crippen molar-refractivity contribution < 1.29 is 18.7 Å². The van der Waals surface area contributed by atoms with Gasteiger partial charge in [-0.25, -0.2) is 9.07 Å². The molecule has 0 saturated heterocycles. The number of rotatable bonds is 6. The predicted molar refractivity (Wildman–Crippen MR) is 106 cm³/mol. The summed E-state index contributed by atoms with van der Waals surface area (Å²) in [5, 5.41) is 16.7. The summed E-state index contributed by atoms with van der Waals surface area (Å²) in [5.41, 5.74) is 7.89. The summed E-state index contributed by atoms with van der Waals surface area (Å²) in [7, 11) is 0. The van der Waals surface area contributed by atoms with Crippen molar-refractivity contribution in [1.82, 2.24) is 15.1 Å². The number of nitrogens with two attached hydrogens (primary N) is 1. The summed E-state index contributed by atoms with van der Waals surface area (Å²) >= 11 is 0. The SMILES string of the molecule is N#Cc1c(CCCNC(=O)c2ccc3c(c2)OCO3)nn(-c2ccc(F)cc2)c1N. The van der Waals surface area contributed by atoms with Crippen LogP contribution in [-0.4, -0.2) is 29.0 Å². The summed E-state index contributed by atoms with van der Waals surface area (Å²) in [6, 6.07) is 12.7. The average Bonchev–Trinajstić information content (AvgIpc) is 3.35. The number of benzene rings is 2. The van der Waals surface area contributed by atoms with Crippen molar-refractivity contribution >= 4 is 11.7 Å². The van der Waals surface area contributed by atoms with E-state index in [0.29, 0.717) is 47.8 Å². The highest BCUT2D eigenvalue weighted by atomic mass is 19.1. The maximum absolute atomic E-state index is 13.2. The first kappa shape index (κ1) is 19.3. The number of nitrogens with zero attached hydrogens (tertiary/aromatic N) is 3. The van der Waals surface area contributed by atoms with E-state index in [4.69, 9.17) is 15.2 Å². The highest BCUT2D eigenvalue weighted by Crippen LogP contribution is 2.32. The Morgan fingerprint density at radius 1 is 1.23 bits per heavy atom. The number of aryl methyl sites for hydroxylation is 1. The Hall–Kier alpha value is -4.06. The molecule has 9 heteroatoms. The minimum atomic E-state index is -0.372. The van der Waals surface area contributed by atoms with Gasteiger partial charge in [0, 0.05) is 12.1 Å². The lowest BCUT2D eigenvalue weighted by molar-refractivity contribution is 0.0952. The lowest BCUT2D eigenvalue weighted by Crippen LogP contribution is -2.24. The molecule has 0 fully saturated rings. The Kier molecular flexibility index (Phi) is 5.22. The van der Waals surface area contributed by atoms with E-state index in [1.165, 1.54) is 28.9 Å². The van der Waals surface area contributed by atoms with Crippen molar-refractivity contribution in [3.8, 4) is 23.3 Å². The molecule has 0 spiro atoms. The first-order valence-corrected chi connectivity index (χ1v) is 9.28. The number of carbonyl (C=O) groups is 1. The number of ether oxygens (including phenoxy) is 2. The number of nitriles is 1. The Morgan fingerprint density at radius 3 is 2.77 bits per heavy atom. The summed E-state index contributed by atoms with van der Waals surface area (Å²) in [6.07, 6.45) is 1.01. The predicted octanol–water partition coefficient (Wildman–Crippen LogP) is 2.56. The third-order valence-electron chi connectivity index (χ3n) is 4.69. The van der Waals surface area contributed by atoms with Crippen LogP contribution >= 0.6 is 0 Å². The van der Waals surface area contributed by atoms with Gasteiger partial charge in [-0.05, 0) is 55.3 Å². The van der Waals surface area contributed by atoms with Gasteiger partial charge >= 0.3 is 0 Å². The van der Waals surface area contributed by atoms with Crippen molar-refractivity contribution in [2.45, 2.75) is 12.8 Å². The number of nitrogens with one attached hydrogen (secondary N) is 1. The van der Waals surface area contributed by atoms with Crippen LogP contribution in [0.1, 0.15) is 28.0 Å². The first-order valence-electron chi connectivity index (χ1n) is 9.28. The molecule has 0 saturated carbocycles. The van der Waals surface area contributed by atoms with E-state index in [1.54, 1.807) is 18.2 Å². The molecular weight excluding hydrogens is 389 g/mol. The number of nitrogen functional groups attached to an aromatic ring is 1. The summed E-state index contributed by atoms with van der Waals surface area (Å²) < 4.78 is 25.1. The molecular formula is C21H18FN5O3. The molecule has 3 aromatic rings. The maximum Gasteiger partial charge on any atom is 0.251 e. The standard InChI is InChI=1S/C21H18FN5O3/c22-14-4-6-15(7-5-14)27-20(24)16(11-23)17(26-27)2-1-9-25-21(28)13-3-8-18-19(10-13)30-12-29-18/h3-8,10H,1-2,9,12,24H2,(H,25,28). The Labute approximate surface area is 171 Å². The molecule has 0 atom stereocenters. The molecule has 1 amide bonds. The number of carbonyl (C=O) groups excluding carboxylic acids is 1. The Bertz CT molecular complexity index is 1130. The van der Waals surface area contributed by atoms with Crippen LogP contribution < -0.4 is 20.5 Å². The van der Waals surface area contributed by atoms with Crippen LogP contribution in [-0.2, 0) is 6.42 Å². The number of anilines is 1. The molecule has 0 unspecified atom stereocenters. The van der Waals surface area contributed by atoms with Crippen LogP contribution in [0.3, 0.4) is 0 Å². The van der Waals surface area contributed by atoms with E-state index in [0.717, 1.165) is 0 Å². The fourth-order valence-corrected chi connectivity index (χ4v) is 3.15.